The number of hydrogen-bond acceptors (Lipinski definition) is 6. The number of nitrogens with zero attached hydrogens (tertiary/aromatic N) is 2. The lowest BCUT2D eigenvalue weighted by Crippen LogP contribution is -2.33. The third kappa shape index (κ3) is 7.70. The van der Waals surface area contributed by atoms with Gasteiger partial charge in [0.1, 0.15) is 0 Å². The third-order valence-corrected chi connectivity index (χ3v) is 5.27. The molecule has 1 aromatic heterocycles. The molecule has 1 N–H and O–H groups in total. The maximum absolute atomic E-state index is 14.0. The molecule has 0 aromatic carbocycles. The molecular weight excluding hydrogens is 380 g/mol. The lowest BCUT2D eigenvalue weighted by Gasteiger charge is -2.30. The van der Waals surface area contributed by atoms with Gasteiger partial charge in [0.2, 0.25) is 5.28 Å². The minimum absolute atomic E-state index is 0.0287. The van der Waals surface area contributed by atoms with Gasteiger partial charge in [0.25, 0.3) is 0 Å². The van der Waals surface area contributed by atoms with Crippen molar-refractivity contribution in [1.82, 2.24) is 9.97 Å². The fraction of sp³-hybridized carbons (Fsp3) is 0.647. The van der Waals surface area contributed by atoms with Gasteiger partial charge >= 0.3 is 7.60 Å². The zero-order chi connectivity index (χ0) is 20.1. The van der Waals surface area contributed by atoms with E-state index in [2.05, 4.69) is 15.3 Å². The van der Waals surface area contributed by atoms with Crippen molar-refractivity contribution in [3.8, 4) is 0 Å². The maximum atomic E-state index is 14.0. The minimum atomic E-state index is -3.45. The maximum Gasteiger partial charge on any atom is 0.354 e. The lowest BCUT2D eigenvalue weighted by molar-refractivity contribution is 0.149. The normalized spacial score (nSPS) is 14.4. The summed E-state index contributed by atoms with van der Waals surface area (Å²) in [6.07, 6.45) is 2.10. The standard InChI is InChI=1S/C17H28ClFN3O3P/c1-11(2)24-26(23,25-12(3)4)9-8-14(17(5,6)7)21-15-13(19)10-20-16(18)22-15/h8-12,14H,1-7H3,(H,20,21,22)/b9-8+/t14-/m1/s1. The molecule has 0 unspecified atom stereocenters. The van der Waals surface area contributed by atoms with Crippen molar-refractivity contribution in [2.45, 2.75) is 66.7 Å². The second-order valence-electron chi connectivity index (χ2n) is 7.51. The van der Waals surface area contributed by atoms with Crippen LogP contribution in [0.4, 0.5) is 10.2 Å². The summed E-state index contributed by atoms with van der Waals surface area (Å²) in [4.78, 5) is 7.47. The molecule has 1 rings (SSSR count). The highest BCUT2D eigenvalue weighted by molar-refractivity contribution is 7.57. The van der Waals surface area contributed by atoms with Gasteiger partial charge in [-0.2, -0.15) is 4.98 Å². The Morgan fingerprint density at radius 2 is 1.77 bits per heavy atom. The molecule has 1 heterocycles. The predicted octanol–water partition coefficient (Wildman–Crippen LogP) is 5.65. The molecule has 6 nitrogen and oxygen atoms in total. The van der Waals surface area contributed by atoms with Gasteiger partial charge in [-0.1, -0.05) is 26.8 Å². The first-order chi connectivity index (χ1) is 11.8. The minimum Gasteiger partial charge on any atom is -0.361 e. The average molecular weight is 408 g/mol. The molecule has 0 aliphatic rings. The molecule has 9 heteroatoms. The van der Waals surface area contributed by atoms with E-state index in [1.54, 1.807) is 33.8 Å². The Hall–Kier alpha value is -1.01. The highest BCUT2D eigenvalue weighted by Gasteiger charge is 2.28. The average Bonchev–Trinajstić information content (AvgIpc) is 2.43. The van der Waals surface area contributed by atoms with Gasteiger partial charge in [-0.05, 0) is 44.7 Å². The van der Waals surface area contributed by atoms with Crippen molar-refractivity contribution in [1.29, 1.82) is 0 Å². The first kappa shape index (κ1) is 23.0. The van der Waals surface area contributed by atoms with Crippen LogP contribution in [-0.2, 0) is 13.6 Å². The summed E-state index contributed by atoms with van der Waals surface area (Å²) >= 11 is 5.75. The predicted molar refractivity (Wildman–Crippen MR) is 103 cm³/mol. The van der Waals surface area contributed by atoms with Crippen LogP contribution in [0.1, 0.15) is 48.5 Å². The molecule has 0 bridgehead atoms. The van der Waals surface area contributed by atoms with E-state index in [9.17, 15) is 8.96 Å². The van der Waals surface area contributed by atoms with E-state index in [-0.39, 0.29) is 28.7 Å². The van der Waals surface area contributed by atoms with E-state index in [4.69, 9.17) is 20.6 Å². The number of anilines is 1. The number of nitrogens with one attached hydrogen (secondary N) is 1. The smallest absolute Gasteiger partial charge is 0.354 e. The van der Waals surface area contributed by atoms with Crippen molar-refractivity contribution in [2.75, 3.05) is 5.32 Å². The molecule has 0 amide bonds. The first-order valence-corrected chi connectivity index (χ1v) is 10.4. The number of hydrogen-bond donors (Lipinski definition) is 1. The molecule has 26 heavy (non-hydrogen) atoms. The third-order valence-electron chi connectivity index (χ3n) is 3.12. The van der Waals surface area contributed by atoms with E-state index in [1.165, 1.54) is 5.82 Å². The SMILES string of the molecule is CC(C)OP(=O)(/C=C/[C@@H](Nc1nc(Cl)ncc1F)C(C)(C)C)OC(C)C. The Bertz CT molecular complexity index is 664. The second kappa shape index (κ2) is 9.27. The molecule has 148 valence electrons. The summed E-state index contributed by atoms with van der Waals surface area (Å²) in [6, 6.07) is -0.414. The van der Waals surface area contributed by atoms with Crippen LogP contribution in [0.2, 0.25) is 5.28 Å². The van der Waals surface area contributed by atoms with Gasteiger partial charge in [-0.25, -0.2) is 9.37 Å². The fourth-order valence-corrected chi connectivity index (χ4v) is 3.90. The van der Waals surface area contributed by atoms with Crippen LogP contribution in [0, 0.1) is 11.2 Å². The molecule has 0 saturated heterocycles. The van der Waals surface area contributed by atoms with Crippen LogP contribution in [-0.4, -0.2) is 28.2 Å². The summed E-state index contributed by atoms with van der Waals surface area (Å²) in [5.41, 5.74) is -0.346. The van der Waals surface area contributed by atoms with Gasteiger partial charge < -0.3 is 14.4 Å². The molecule has 0 aliphatic carbocycles. The van der Waals surface area contributed by atoms with E-state index < -0.39 is 19.5 Å². The Morgan fingerprint density at radius 3 is 2.23 bits per heavy atom. The Morgan fingerprint density at radius 1 is 1.23 bits per heavy atom. The summed E-state index contributed by atoms with van der Waals surface area (Å²) in [5, 5.41) is 2.91. The molecule has 0 fully saturated rings. The van der Waals surface area contributed by atoms with Crippen molar-refractivity contribution >= 4 is 25.0 Å². The van der Waals surface area contributed by atoms with Crippen LogP contribution in [0.5, 0.6) is 0 Å². The molecular formula is C17H28ClFN3O3P. The number of rotatable bonds is 8. The van der Waals surface area contributed by atoms with E-state index in [0.717, 1.165) is 6.20 Å². The van der Waals surface area contributed by atoms with Gasteiger partial charge in [-0.3, -0.25) is 4.57 Å². The van der Waals surface area contributed by atoms with Crippen LogP contribution in [0.25, 0.3) is 0 Å². The van der Waals surface area contributed by atoms with Crippen LogP contribution in [0.3, 0.4) is 0 Å². The summed E-state index contributed by atoms with van der Waals surface area (Å²) in [6.45, 7) is 13.0. The van der Waals surface area contributed by atoms with Crippen LogP contribution >= 0.6 is 19.2 Å². The number of aromatic nitrogens is 2. The summed E-state index contributed by atoms with van der Waals surface area (Å²) in [5.74, 6) is 0.757. The highest BCUT2D eigenvalue weighted by Crippen LogP contribution is 2.52. The van der Waals surface area contributed by atoms with Gasteiger partial charge in [0, 0.05) is 5.82 Å². The topological polar surface area (TPSA) is 73.3 Å². The van der Waals surface area contributed by atoms with E-state index in [0.29, 0.717) is 0 Å². The zero-order valence-electron chi connectivity index (χ0n) is 16.3. The highest BCUT2D eigenvalue weighted by atomic mass is 35.5. The quantitative estimate of drug-likeness (QED) is 0.443. The van der Waals surface area contributed by atoms with Crippen LogP contribution in [0.15, 0.2) is 18.1 Å². The Balaban J connectivity index is 3.14. The first-order valence-electron chi connectivity index (χ1n) is 8.43. The fourth-order valence-electron chi connectivity index (χ4n) is 2.02. The van der Waals surface area contributed by atoms with E-state index in [1.807, 2.05) is 20.8 Å². The molecule has 1 atom stereocenters. The van der Waals surface area contributed by atoms with Crippen molar-refractivity contribution in [3.05, 3.63) is 29.2 Å². The van der Waals surface area contributed by atoms with Gasteiger partial charge in [0.15, 0.2) is 11.6 Å². The van der Waals surface area contributed by atoms with Crippen LogP contribution < -0.4 is 5.32 Å². The lowest BCUT2D eigenvalue weighted by atomic mass is 9.87. The van der Waals surface area contributed by atoms with Gasteiger partial charge in [0.05, 0.1) is 24.4 Å². The molecule has 0 saturated carbocycles. The van der Waals surface area contributed by atoms with E-state index >= 15 is 0 Å². The van der Waals surface area contributed by atoms with Gasteiger partial charge in [-0.15, -0.1) is 0 Å². The second-order valence-corrected chi connectivity index (χ2v) is 9.65. The molecule has 1 aromatic rings. The molecule has 0 aliphatic heterocycles. The molecule has 0 radical (unpaired) electrons. The number of halogens is 2. The summed E-state index contributed by atoms with van der Waals surface area (Å²) < 4.78 is 37.9. The zero-order valence-corrected chi connectivity index (χ0v) is 17.9. The van der Waals surface area contributed by atoms with Crippen molar-refractivity contribution in [3.63, 3.8) is 0 Å². The monoisotopic (exact) mass is 407 g/mol. The molecule has 0 spiro atoms. The summed E-state index contributed by atoms with van der Waals surface area (Å²) in [7, 11) is -3.45. The van der Waals surface area contributed by atoms with Crippen molar-refractivity contribution < 1.29 is 18.0 Å². The largest absolute Gasteiger partial charge is 0.361 e. The Labute approximate surface area is 160 Å². The Kier molecular flexibility index (Phi) is 8.21. The van der Waals surface area contributed by atoms with Crippen molar-refractivity contribution in [2.24, 2.45) is 5.41 Å².